The van der Waals surface area contributed by atoms with Crippen LogP contribution in [0.2, 0.25) is 0 Å². The van der Waals surface area contributed by atoms with Crippen LogP contribution >= 0.6 is 0 Å². The van der Waals surface area contributed by atoms with Crippen LogP contribution in [0.4, 0.5) is 4.39 Å². The molecule has 1 heterocycles. The monoisotopic (exact) mass is 194 g/mol. The molecule has 0 unspecified atom stereocenters. The first-order valence-electron chi connectivity index (χ1n) is 3.89. The van der Waals surface area contributed by atoms with Gasteiger partial charge in [0.25, 0.3) is 0 Å². The predicted molar refractivity (Wildman–Crippen MR) is 47.7 cm³/mol. The van der Waals surface area contributed by atoms with E-state index in [9.17, 15) is 9.50 Å². The third-order valence-corrected chi connectivity index (χ3v) is 1.89. The highest BCUT2D eigenvalue weighted by molar-refractivity contribution is 5.84. The lowest BCUT2D eigenvalue weighted by Crippen LogP contribution is -1.90. The van der Waals surface area contributed by atoms with Crippen LogP contribution in [0.3, 0.4) is 0 Å². The molecule has 1 aromatic carbocycles. The molecule has 2 rings (SSSR count). The predicted octanol–water partition coefficient (Wildman–Crippen LogP) is 1.48. The first kappa shape index (κ1) is 8.68. The molecule has 0 aliphatic heterocycles. The average molecular weight is 194 g/mol. The molecule has 0 atom stereocenters. The van der Waals surface area contributed by atoms with E-state index in [0.717, 1.165) is 0 Å². The molecule has 4 nitrogen and oxygen atoms in total. The van der Waals surface area contributed by atoms with E-state index < -0.39 is 5.82 Å². The van der Waals surface area contributed by atoms with Crippen molar-refractivity contribution in [3.05, 3.63) is 24.3 Å². The quantitative estimate of drug-likeness (QED) is 0.747. The number of fused-ring (bicyclic) bond motifs is 1. The van der Waals surface area contributed by atoms with Crippen LogP contribution in [-0.2, 0) is 0 Å². The molecule has 2 aromatic rings. The fourth-order valence-corrected chi connectivity index (χ4v) is 1.20. The minimum atomic E-state index is -0.516. The van der Waals surface area contributed by atoms with Crippen LogP contribution in [0, 0.1) is 5.82 Å². The number of nitrogens with zero attached hydrogens (tertiary/aromatic N) is 2. The molecule has 0 radical (unpaired) electrons. The van der Waals surface area contributed by atoms with Crippen molar-refractivity contribution in [2.24, 2.45) is 0 Å². The summed E-state index contributed by atoms with van der Waals surface area (Å²) in [6.07, 6.45) is 1.17. The normalized spacial score (nSPS) is 10.4. The van der Waals surface area contributed by atoms with Crippen LogP contribution in [0.15, 0.2) is 18.5 Å². The summed E-state index contributed by atoms with van der Waals surface area (Å²) in [5, 5.41) is 9.72. The summed E-state index contributed by atoms with van der Waals surface area (Å²) in [6.45, 7) is 0. The molecule has 0 saturated heterocycles. The Morgan fingerprint density at radius 2 is 2.14 bits per heavy atom. The molecule has 0 saturated carbocycles. The molecule has 1 N–H and O–H groups in total. The Bertz CT molecular complexity index is 487. The SMILES string of the molecule is COc1cc2c(O)ncnc2cc1F. The fourth-order valence-electron chi connectivity index (χ4n) is 1.20. The number of halogens is 1. The van der Waals surface area contributed by atoms with E-state index in [2.05, 4.69) is 9.97 Å². The maximum Gasteiger partial charge on any atom is 0.222 e. The molecule has 72 valence electrons. The molecule has 0 bridgehead atoms. The maximum atomic E-state index is 13.2. The Labute approximate surface area is 79.0 Å². The van der Waals surface area contributed by atoms with Crippen LogP contribution in [0.1, 0.15) is 0 Å². The molecule has 0 aliphatic carbocycles. The van der Waals surface area contributed by atoms with Crippen molar-refractivity contribution in [1.82, 2.24) is 9.97 Å². The number of hydrogen-bond donors (Lipinski definition) is 1. The zero-order valence-corrected chi connectivity index (χ0v) is 7.36. The van der Waals surface area contributed by atoms with Crippen LogP contribution in [-0.4, -0.2) is 22.2 Å². The number of ether oxygens (including phenoxy) is 1. The standard InChI is InChI=1S/C9H7FN2O2/c1-14-8-2-5-7(3-6(8)10)11-4-12-9(5)13/h2-4H,1H3,(H,11,12,13). The van der Waals surface area contributed by atoms with Crippen molar-refractivity contribution < 1.29 is 14.2 Å². The zero-order valence-electron chi connectivity index (χ0n) is 7.36. The second-order valence-corrected chi connectivity index (χ2v) is 2.70. The molecule has 14 heavy (non-hydrogen) atoms. The third kappa shape index (κ3) is 1.22. The number of benzene rings is 1. The molecule has 0 amide bonds. The average Bonchev–Trinajstić information content (AvgIpc) is 2.17. The summed E-state index contributed by atoms with van der Waals surface area (Å²) in [4.78, 5) is 7.39. The minimum Gasteiger partial charge on any atom is -0.494 e. The smallest absolute Gasteiger partial charge is 0.222 e. The van der Waals surface area contributed by atoms with Crippen LogP contribution in [0.25, 0.3) is 10.9 Å². The summed E-state index contributed by atoms with van der Waals surface area (Å²) in [7, 11) is 1.35. The van der Waals surface area contributed by atoms with Gasteiger partial charge in [-0.1, -0.05) is 0 Å². The Morgan fingerprint density at radius 1 is 1.36 bits per heavy atom. The summed E-state index contributed by atoms with van der Waals surface area (Å²) in [6, 6.07) is 2.55. The van der Waals surface area contributed by atoms with Crippen LogP contribution < -0.4 is 4.74 Å². The van der Waals surface area contributed by atoms with Gasteiger partial charge in [0.1, 0.15) is 6.33 Å². The lowest BCUT2D eigenvalue weighted by Gasteiger charge is -2.03. The van der Waals surface area contributed by atoms with E-state index in [4.69, 9.17) is 4.74 Å². The van der Waals surface area contributed by atoms with Crippen molar-refractivity contribution in [2.75, 3.05) is 7.11 Å². The van der Waals surface area contributed by atoms with Gasteiger partial charge in [-0.2, -0.15) is 0 Å². The Hall–Kier alpha value is -1.91. The topological polar surface area (TPSA) is 55.2 Å². The largest absolute Gasteiger partial charge is 0.494 e. The van der Waals surface area contributed by atoms with Gasteiger partial charge in [-0.05, 0) is 6.07 Å². The molecule has 0 fully saturated rings. The van der Waals surface area contributed by atoms with Gasteiger partial charge in [0, 0.05) is 6.07 Å². The highest BCUT2D eigenvalue weighted by atomic mass is 19.1. The van der Waals surface area contributed by atoms with Gasteiger partial charge in [-0.15, -0.1) is 0 Å². The van der Waals surface area contributed by atoms with E-state index >= 15 is 0 Å². The lowest BCUT2D eigenvalue weighted by atomic mass is 10.2. The van der Waals surface area contributed by atoms with Gasteiger partial charge in [0.2, 0.25) is 5.88 Å². The van der Waals surface area contributed by atoms with E-state index in [1.54, 1.807) is 0 Å². The number of hydrogen-bond acceptors (Lipinski definition) is 4. The first-order chi connectivity index (χ1) is 6.72. The number of aromatic nitrogens is 2. The summed E-state index contributed by atoms with van der Waals surface area (Å²) in [5.41, 5.74) is 0.343. The molecule has 0 spiro atoms. The molecule has 5 heteroatoms. The second kappa shape index (κ2) is 3.10. The number of aromatic hydroxyl groups is 1. The van der Waals surface area contributed by atoms with Gasteiger partial charge >= 0.3 is 0 Å². The maximum absolute atomic E-state index is 13.2. The van der Waals surface area contributed by atoms with Gasteiger partial charge in [0.15, 0.2) is 11.6 Å². The van der Waals surface area contributed by atoms with Gasteiger partial charge in [-0.3, -0.25) is 0 Å². The highest BCUT2D eigenvalue weighted by Gasteiger charge is 2.08. The van der Waals surface area contributed by atoms with E-state index in [1.807, 2.05) is 0 Å². The Morgan fingerprint density at radius 3 is 2.86 bits per heavy atom. The molecule has 1 aromatic heterocycles. The number of rotatable bonds is 1. The summed E-state index contributed by atoms with van der Waals surface area (Å²) in [5.74, 6) is -0.644. The molecule has 0 aliphatic rings. The summed E-state index contributed by atoms with van der Waals surface area (Å²) >= 11 is 0. The molecular weight excluding hydrogens is 187 g/mol. The van der Waals surface area contributed by atoms with Gasteiger partial charge in [-0.25, -0.2) is 14.4 Å². The van der Waals surface area contributed by atoms with Crippen molar-refractivity contribution in [2.45, 2.75) is 0 Å². The summed E-state index contributed by atoms with van der Waals surface area (Å²) < 4.78 is 18.0. The van der Waals surface area contributed by atoms with E-state index in [0.29, 0.717) is 10.9 Å². The Kier molecular flexibility index (Phi) is 1.92. The van der Waals surface area contributed by atoms with Crippen molar-refractivity contribution in [3.63, 3.8) is 0 Å². The van der Waals surface area contributed by atoms with Crippen LogP contribution in [0.5, 0.6) is 11.6 Å². The lowest BCUT2D eigenvalue weighted by molar-refractivity contribution is 0.387. The highest BCUT2D eigenvalue weighted by Crippen LogP contribution is 2.27. The fraction of sp³-hybridized carbons (Fsp3) is 0.111. The third-order valence-electron chi connectivity index (χ3n) is 1.89. The van der Waals surface area contributed by atoms with E-state index in [-0.39, 0.29) is 11.6 Å². The zero-order chi connectivity index (χ0) is 10.1. The minimum absolute atomic E-state index is 0.0580. The molecular formula is C9H7FN2O2. The van der Waals surface area contributed by atoms with Gasteiger partial charge < -0.3 is 9.84 Å². The first-order valence-corrected chi connectivity index (χ1v) is 3.89. The van der Waals surface area contributed by atoms with Gasteiger partial charge in [0.05, 0.1) is 18.0 Å². The number of methoxy groups -OCH3 is 1. The van der Waals surface area contributed by atoms with Crippen molar-refractivity contribution in [1.29, 1.82) is 0 Å². The van der Waals surface area contributed by atoms with Crippen molar-refractivity contribution in [3.8, 4) is 11.6 Å². The Balaban J connectivity index is 2.80. The van der Waals surface area contributed by atoms with E-state index in [1.165, 1.54) is 25.6 Å². The second-order valence-electron chi connectivity index (χ2n) is 2.70. The van der Waals surface area contributed by atoms with Crippen molar-refractivity contribution >= 4 is 10.9 Å².